The largest absolute Gasteiger partial charge is 0.445 e. The normalized spacial score (nSPS) is 18.8. The first-order valence-electron chi connectivity index (χ1n) is 17.8. The third-order valence-electron chi connectivity index (χ3n) is 9.74. The molecule has 4 aromatic rings. The molecule has 282 valence electrons. The lowest BCUT2D eigenvalue weighted by Gasteiger charge is -2.40. The molecule has 1 aromatic heterocycles. The second-order valence-electron chi connectivity index (χ2n) is 13.5. The Kier molecular flexibility index (Phi) is 12.7. The SMILES string of the molecule is O=C(OCc1ccccc1)N1C[C@@H](CN(C(=O)NCC(O)CO)[C@@H](c2nc(-c3cc(F)ccc3F)cn2Cc2ccccc2)C2CCOCC2)[C@@H](F)C1. The molecule has 0 aliphatic carbocycles. The first-order chi connectivity index (χ1) is 25.7. The fraction of sp³-hybridized carbons (Fsp3) is 0.410. The van der Waals surface area contributed by atoms with Gasteiger partial charge in [-0.25, -0.2) is 27.7 Å². The van der Waals surface area contributed by atoms with Crippen molar-refractivity contribution in [2.45, 2.75) is 44.3 Å². The Morgan fingerprint density at radius 2 is 1.70 bits per heavy atom. The average molecular weight is 736 g/mol. The maximum Gasteiger partial charge on any atom is 0.410 e. The van der Waals surface area contributed by atoms with Gasteiger partial charge in [-0.15, -0.1) is 0 Å². The van der Waals surface area contributed by atoms with Crippen LogP contribution in [0.2, 0.25) is 0 Å². The van der Waals surface area contributed by atoms with E-state index in [0.29, 0.717) is 31.9 Å². The molecule has 0 saturated carbocycles. The summed E-state index contributed by atoms with van der Waals surface area (Å²) in [5.41, 5.74) is 1.76. The highest BCUT2D eigenvalue weighted by molar-refractivity contribution is 5.75. The summed E-state index contributed by atoms with van der Waals surface area (Å²) in [5.74, 6) is -2.04. The van der Waals surface area contributed by atoms with Crippen LogP contribution in [-0.2, 0) is 22.6 Å². The Hall–Kier alpha value is -4.92. The van der Waals surface area contributed by atoms with Gasteiger partial charge in [-0.2, -0.15) is 0 Å². The number of nitrogens with zero attached hydrogens (tertiary/aromatic N) is 4. The van der Waals surface area contributed by atoms with Crippen LogP contribution >= 0.6 is 0 Å². The predicted molar refractivity (Wildman–Crippen MR) is 189 cm³/mol. The molecule has 3 heterocycles. The maximum atomic E-state index is 15.9. The number of ether oxygens (including phenoxy) is 2. The topological polar surface area (TPSA) is 129 Å². The first-order valence-corrected chi connectivity index (χ1v) is 17.8. The van der Waals surface area contributed by atoms with E-state index in [-0.39, 0.29) is 56.5 Å². The third kappa shape index (κ3) is 9.55. The first kappa shape index (κ1) is 37.8. The summed E-state index contributed by atoms with van der Waals surface area (Å²) < 4.78 is 58.5. The van der Waals surface area contributed by atoms with Crippen LogP contribution in [0.3, 0.4) is 0 Å². The number of nitrogens with one attached hydrogen (secondary N) is 1. The third-order valence-corrected chi connectivity index (χ3v) is 9.74. The van der Waals surface area contributed by atoms with Crippen LogP contribution in [0.5, 0.6) is 0 Å². The van der Waals surface area contributed by atoms with Crippen molar-refractivity contribution in [3.63, 3.8) is 0 Å². The van der Waals surface area contributed by atoms with Crippen LogP contribution in [0, 0.1) is 23.5 Å². The van der Waals surface area contributed by atoms with Crippen LogP contribution in [0.15, 0.2) is 85.1 Å². The van der Waals surface area contributed by atoms with Gasteiger partial charge in [-0.05, 0) is 48.1 Å². The molecule has 3 aromatic carbocycles. The number of aromatic nitrogens is 2. The molecule has 6 rings (SSSR count). The van der Waals surface area contributed by atoms with E-state index in [1.54, 1.807) is 10.8 Å². The molecule has 2 saturated heterocycles. The van der Waals surface area contributed by atoms with Gasteiger partial charge >= 0.3 is 12.1 Å². The molecular weight excluding hydrogens is 691 g/mol. The fourth-order valence-corrected chi connectivity index (χ4v) is 6.94. The molecule has 2 aliphatic heterocycles. The van der Waals surface area contributed by atoms with E-state index in [1.165, 1.54) is 9.80 Å². The minimum absolute atomic E-state index is 0.0175. The van der Waals surface area contributed by atoms with Gasteiger partial charge in [-0.3, -0.25) is 0 Å². The van der Waals surface area contributed by atoms with E-state index in [1.807, 2.05) is 60.7 Å². The van der Waals surface area contributed by atoms with Gasteiger partial charge in [0, 0.05) is 57.1 Å². The highest BCUT2D eigenvalue weighted by Gasteiger charge is 2.43. The number of imidazole rings is 1. The molecular formula is C39H44F3N5O6. The number of likely N-dealkylation sites (tertiary alicyclic amines) is 1. The molecule has 4 atom stereocenters. The zero-order chi connectivity index (χ0) is 37.3. The van der Waals surface area contributed by atoms with Crippen LogP contribution in [-0.4, -0.2) is 100.0 Å². The summed E-state index contributed by atoms with van der Waals surface area (Å²) >= 11 is 0. The summed E-state index contributed by atoms with van der Waals surface area (Å²) in [7, 11) is 0. The number of aliphatic hydroxyl groups excluding tert-OH is 2. The molecule has 3 N–H and O–H groups in total. The highest BCUT2D eigenvalue weighted by Crippen LogP contribution is 2.38. The molecule has 3 amide bonds. The second kappa shape index (κ2) is 17.7. The number of carbonyl (C=O) groups excluding carboxylic acids is 2. The van der Waals surface area contributed by atoms with Crippen molar-refractivity contribution in [1.82, 2.24) is 24.7 Å². The Morgan fingerprint density at radius 3 is 2.40 bits per heavy atom. The van der Waals surface area contributed by atoms with Crippen molar-refractivity contribution >= 4 is 12.1 Å². The molecule has 14 heteroatoms. The van der Waals surface area contributed by atoms with Crippen LogP contribution < -0.4 is 5.32 Å². The predicted octanol–water partition coefficient (Wildman–Crippen LogP) is 5.32. The number of urea groups is 1. The summed E-state index contributed by atoms with van der Waals surface area (Å²) in [6.07, 6.45) is -0.790. The second-order valence-corrected chi connectivity index (χ2v) is 13.5. The Morgan fingerprint density at radius 1 is 1.00 bits per heavy atom. The molecule has 0 bridgehead atoms. The fourth-order valence-electron chi connectivity index (χ4n) is 6.94. The standard InChI is InChI=1S/C39H44F3N5O6/c40-30-11-12-33(41)32(17-30)35-23-45(19-26-7-3-1-4-8-26)37(44-35)36(28-13-15-52-16-14-28)47(38(50)43-18-31(49)24-48)21-29-20-46(22-34(29)42)39(51)53-25-27-9-5-2-6-10-27/h1-12,17,23,28-29,31,34,36,48-49H,13-16,18-22,24-25H2,(H,43,50)/t29-,31?,34-,36+/m0/s1. The van der Waals surface area contributed by atoms with Crippen molar-refractivity contribution in [2.75, 3.05) is 46.0 Å². The molecule has 0 spiro atoms. The van der Waals surface area contributed by atoms with Gasteiger partial charge in [0.2, 0.25) is 0 Å². The van der Waals surface area contributed by atoms with Gasteiger partial charge in [-0.1, -0.05) is 60.7 Å². The molecule has 2 aliphatic rings. The number of hydrogen-bond acceptors (Lipinski definition) is 7. The van der Waals surface area contributed by atoms with Crippen molar-refractivity contribution in [2.24, 2.45) is 11.8 Å². The number of halogens is 3. The average Bonchev–Trinajstić information content (AvgIpc) is 3.77. The van der Waals surface area contributed by atoms with E-state index in [0.717, 1.165) is 29.3 Å². The number of rotatable bonds is 13. The van der Waals surface area contributed by atoms with Crippen molar-refractivity contribution < 1.29 is 42.4 Å². The smallest absolute Gasteiger partial charge is 0.410 e. The van der Waals surface area contributed by atoms with Crippen molar-refractivity contribution in [1.29, 1.82) is 0 Å². The lowest BCUT2D eigenvalue weighted by atomic mass is 9.89. The summed E-state index contributed by atoms with van der Waals surface area (Å²) in [5, 5.41) is 22.3. The minimum Gasteiger partial charge on any atom is -0.445 e. The van der Waals surface area contributed by atoms with E-state index < -0.39 is 54.6 Å². The molecule has 53 heavy (non-hydrogen) atoms. The number of hydrogen-bond donors (Lipinski definition) is 3. The van der Waals surface area contributed by atoms with Crippen molar-refractivity contribution in [3.8, 4) is 11.3 Å². The van der Waals surface area contributed by atoms with Crippen LogP contribution in [0.4, 0.5) is 22.8 Å². The number of carbonyl (C=O) groups is 2. The minimum atomic E-state index is -1.51. The number of aliphatic hydroxyl groups is 2. The Bertz CT molecular complexity index is 1810. The lowest BCUT2D eigenvalue weighted by Crippen LogP contribution is -2.50. The van der Waals surface area contributed by atoms with Crippen LogP contribution in [0.1, 0.15) is 35.8 Å². The lowest BCUT2D eigenvalue weighted by molar-refractivity contribution is 0.0247. The quantitative estimate of drug-likeness (QED) is 0.170. The van der Waals surface area contributed by atoms with E-state index in [4.69, 9.17) is 14.5 Å². The summed E-state index contributed by atoms with van der Waals surface area (Å²) in [6, 6.07) is 20.2. The zero-order valence-electron chi connectivity index (χ0n) is 29.2. The van der Waals surface area contributed by atoms with E-state index in [9.17, 15) is 24.2 Å². The van der Waals surface area contributed by atoms with Gasteiger partial charge in [0.25, 0.3) is 0 Å². The van der Waals surface area contributed by atoms with E-state index in [2.05, 4.69) is 5.32 Å². The summed E-state index contributed by atoms with van der Waals surface area (Å²) in [4.78, 5) is 34.9. The van der Waals surface area contributed by atoms with Gasteiger partial charge < -0.3 is 39.4 Å². The molecule has 0 radical (unpaired) electrons. The van der Waals surface area contributed by atoms with Crippen LogP contribution in [0.25, 0.3) is 11.3 Å². The summed E-state index contributed by atoms with van der Waals surface area (Å²) in [6.45, 7) is -0.231. The highest BCUT2D eigenvalue weighted by atomic mass is 19.1. The Balaban J connectivity index is 1.37. The zero-order valence-corrected chi connectivity index (χ0v) is 29.2. The van der Waals surface area contributed by atoms with Gasteiger partial charge in [0.15, 0.2) is 0 Å². The van der Waals surface area contributed by atoms with E-state index >= 15 is 8.78 Å². The number of alkyl halides is 1. The number of benzene rings is 3. The Labute approximate surface area is 306 Å². The molecule has 1 unspecified atom stereocenters. The maximum absolute atomic E-state index is 15.9. The van der Waals surface area contributed by atoms with Gasteiger partial charge in [0.1, 0.15) is 30.2 Å². The van der Waals surface area contributed by atoms with Gasteiger partial charge in [0.05, 0.1) is 31.0 Å². The molecule has 2 fully saturated rings. The molecule has 11 nitrogen and oxygen atoms in total. The van der Waals surface area contributed by atoms with Crippen molar-refractivity contribution in [3.05, 3.63) is 114 Å². The number of amides is 3. The monoisotopic (exact) mass is 735 g/mol.